The number of methoxy groups -OCH3 is 1. The van der Waals surface area contributed by atoms with Crippen LogP contribution in [0.2, 0.25) is 5.02 Å². The molecule has 0 aliphatic carbocycles. The minimum atomic E-state index is -0.144. The lowest BCUT2D eigenvalue weighted by molar-refractivity contribution is 0.146. The highest BCUT2D eigenvalue weighted by Crippen LogP contribution is 2.44. The Morgan fingerprint density at radius 2 is 1.76 bits per heavy atom. The maximum absolute atomic E-state index is 6.65. The first kappa shape index (κ1) is 25.3. The van der Waals surface area contributed by atoms with Crippen LogP contribution in [-0.4, -0.2) is 35.0 Å². The van der Waals surface area contributed by atoms with E-state index in [0.29, 0.717) is 29.1 Å². The quantitative estimate of drug-likeness (QED) is 0.211. The Hall–Kier alpha value is -3.39. The molecule has 0 bridgehead atoms. The van der Waals surface area contributed by atoms with Gasteiger partial charge in [-0.15, -0.1) is 0 Å². The Morgan fingerprint density at radius 3 is 2.46 bits per heavy atom. The van der Waals surface area contributed by atoms with E-state index in [1.165, 1.54) is 5.56 Å². The average Bonchev–Trinajstić information content (AvgIpc) is 3.41. The van der Waals surface area contributed by atoms with Crippen LogP contribution in [0.25, 0.3) is 5.69 Å². The van der Waals surface area contributed by atoms with E-state index in [9.17, 15) is 0 Å². The summed E-state index contributed by atoms with van der Waals surface area (Å²) in [6.45, 7) is 5.20. The van der Waals surface area contributed by atoms with E-state index in [1.807, 2.05) is 48.7 Å². The highest BCUT2D eigenvalue weighted by molar-refractivity contribution is 7.80. The summed E-state index contributed by atoms with van der Waals surface area (Å²) in [7, 11) is 1.64. The van der Waals surface area contributed by atoms with Crippen molar-refractivity contribution >= 4 is 34.6 Å². The van der Waals surface area contributed by atoms with Crippen LogP contribution >= 0.6 is 23.8 Å². The summed E-state index contributed by atoms with van der Waals surface area (Å²) in [6.07, 6.45) is 1.82. The summed E-state index contributed by atoms with van der Waals surface area (Å²) in [5.74, 6) is 0.612. The Kier molecular flexibility index (Phi) is 7.46. The number of rotatable bonds is 8. The summed E-state index contributed by atoms with van der Waals surface area (Å²) in [5.41, 5.74) is 6.40. The average molecular weight is 533 g/mol. The van der Waals surface area contributed by atoms with Gasteiger partial charge >= 0.3 is 0 Å². The largest absolute Gasteiger partial charge is 0.490 e. The number of nitrogens with zero attached hydrogens (tertiary/aromatic N) is 3. The standard InChI is InChI=1S/C29H29ClN4O2S/c1-19-17-23(20(2)33(19)21-9-5-4-6-10-21)28-27(25-11-7-8-14-31-25)32-29(37)34(28)22-12-13-26(24(30)18-22)36-16-15-35-3/h4-14,17-18,27-28H,15-16H2,1-3H3,(H,32,37). The molecule has 8 heteroatoms. The number of aromatic nitrogens is 2. The number of ether oxygens (including phenoxy) is 2. The van der Waals surface area contributed by atoms with E-state index in [4.69, 9.17) is 33.3 Å². The summed E-state index contributed by atoms with van der Waals surface area (Å²) < 4.78 is 13.1. The number of pyridine rings is 1. The summed E-state index contributed by atoms with van der Waals surface area (Å²) in [4.78, 5) is 6.81. The number of para-hydroxylation sites is 1. The molecule has 2 aromatic heterocycles. The molecule has 3 heterocycles. The molecule has 190 valence electrons. The molecule has 1 N–H and O–H groups in total. The van der Waals surface area contributed by atoms with Gasteiger partial charge in [-0.2, -0.15) is 0 Å². The zero-order valence-electron chi connectivity index (χ0n) is 21.0. The Labute approximate surface area is 227 Å². The van der Waals surface area contributed by atoms with Crippen molar-refractivity contribution in [1.29, 1.82) is 0 Å². The number of aryl methyl sites for hydroxylation is 1. The van der Waals surface area contributed by atoms with Gasteiger partial charge in [0.1, 0.15) is 12.4 Å². The van der Waals surface area contributed by atoms with Crippen molar-refractivity contribution in [1.82, 2.24) is 14.9 Å². The summed E-state index contributed by atoms with van der Waals surface area (Å²) in [5, 5.41) is 4.67. The molecule has 5 rings (SSSR count). The predicted molar refractivity (Wildman–Crippen MR) is 152 cm³/mol. The number of anilines is 1. The topological polar surface area (TPSA) is 51.6 Å². The molecule has 0 spiro atoms. The Morgan fingerprint density at radius 1 is 0.973 bits per heavy atom. The maximum atomic E-state index is 6.65. The van der Waals surface area contributed by atoms with Crippen molar-refractivity contribution in [3.05, 3.63) is 107 Å². The fraction of sp³-hybridized carbons (Fsp3) is 0.241. The molecule has 0 radical (unpaired) electrons. The lowest BCUT2D eigenvalue weighted by Gasteiger charge is -2.28. The highest BCUT2D eigenvalue weighted by atomic mass is 35.5. The van der Waals surface area contributed by atoms with Crippen molar-refractivity contribution < 1.29 is 9.47 Å². The second kappa shape index (κ2) is 10.9. The third kappa shape index (κ3) is 4.94. The third-order valence-corrected chi connectivity index (χ3v) is 7.25. The second-order valence-electron chi connectivity index (χ2n) is 8.95. The van der Waals surface area contributed by atoms with Crippen molar-refractivity contribution in [3.63, 3.8) is 0 Å². The highest BCUT2D eigenvalue weighted by Gasteiger charge is 2.42. The minimum absolute atomic E-state index is 0.137. The molecule has 6 nitrogen and oxygen atoms in total. The molecular weight excluding hydrogens is 504 g/mol. The van der Waals surface area contributed by atoms with Crippen molar-refractivity contribution in [3.8, 4) is 11.4 Å². The van der Waals surface area contributed by atoms with Gasteiger partial charge in [-0.1, -0.05) is 35.9 Å². The van der Waals surface area contributed by atoms with E-state index in [2.05, 4.69) is 63.9 Å². The summed E-state index contributed by atoms with van der Waals surface area (Å²) >= 11 is 12.6. The predicted octanol–water partition coefficient (Wildman–Crippen LogP) is 6.34. The first-order valence-electron chi connectivity index (χ1n) is 12.2. The molecule has 0 amide bonds. The lowest BCUT2D eigenvalue weighted by Crippen LogP contribution is -2.29. The van der Waals surface area contributed by atoms with Crippen LogP contribution in [0.4, 0.5) is 5.69 Å². The van der Waals surface area contributed by atoms with Crippen LogP contribution in [-0.2, 0) is 4.74 Å². The molecule has 1 aliphatic heterocycles. The first-order valence-corrected chi connectivity index (χ1v) is 12.9. The second-order valence-corrected chi connectivity index (χ2v) is 9.74. The van der Waals surface area contributed by atoms with Gasteiger partial charge in [0, 0.05) is 36.1 Å². The number of thiocarbonyl (C=S) groups is 1. The van der Waals surface area contributed by atoms with E-state index in [1.54, 1.807) is 7.11 Å². The monoisotopic (exact) mass is 532 g/mol. The van der Waals surface area contributed by atoms with E-state index in [0.717, 1.165) is 28.5 Å². The van der Waals surface area contributed by atoms with Crippen molar-refractivity contribution in [2.24, 2.45) is 0 Å². The van der Waals surface area contributed by atoms with E-state index >= 15 is 0 Å². The van der Waals surface area contributed by atoms with Crippen molar-refractivity contribution in [2.45, 2.75) is 25.9 Å². The Bertz CT molecular complexity index is 1390. The molecule has 1 aliphatic rings. The number of hydrogen-bond acceptors (Lipinski definition) is 4. The molecule has 37 heavy (non-hydrogen) atoms. The number of benzene rings is 2. The van der Waals surface area contributed by atoms with Gasteiger partial charge in [-0.25, -0.2) is 0 Å². The van der Waals surface area contributed by atoms with Gasteiger partial charge in [0.25, 0.3) is 0 Å². The summed E-state index contributed by atoms with van der Waals surface area (Å²) in [6, 6.07) is 24.1. The lowest BCUT2D eigenvalue weighted by atomic mass is 9.96. The maximum Gasteiger partial charge on any atom is 0.174 e. The van der Waals surface area contributed by atoms with Crippen LogP contribution < -0.4 is 15.0 Å². The molecule has 1 saturated heterocycles. The first-order chi connectivity index (χ1) is 18.0. The SMILES string of the molecule is COCCOc1ccc(N2C(=S)NC(c3ccccn3)C2c2cc(C)n(-c3ccccc3)c2C)cc1Cl. The molecular formula is C29H29ClN4O2S. The molecule has 2 atom stereocenters. The van der Waals surface area contributed by atoms with Crippen LogP contribution in [0, 0.1) is 13.8 Å². The third-order valence-electron chi connectivity index (χ3n) is 6.64. The number of halogens is 1. The van der Waals surface area contributed by atoms with Crippen LogP contribution in [0.3, 0.4) is 0 Å². The van der Waals surface area contributed by atoms with Crippen LogP contribution in [0.5, 0.6) is 5.75 Å². The number of hydrogen-bond donors (Lipinski definition) is 1. The normalized spacial score (nSPS) is 17.2. The molecule has 0 saturated carbocycles. The fourth-order valence-electron chi connectivity index (χ4n) is 5.00. The molecule has 1 fully saturated rings. The van der Waals surface area contributed by atoms with Gasteiger partial charge < -0.3 is 24.3 Å². The van der Waals surface area contributed by atoms with Crippen LogP contribution in [0.1, 0.15) is 34.7 Å². The van der Waals surface area contributed by atoms with Gasteiger partial charge in [-0.3, -0.25) is 4.98 Å². The Balaban J connectivity index is 1.60. The van der Waals surface area contributed by atoms with Gasteiger partial charge in [0.05, 0.1) is 29.4 Å². The smallest absolute Gasteiger partial charge is 0.174 e. The van der Waals surface area contributed by atoms with Gasteiger partial charge in [0.15, 0.2) is 5.11 Å². The van der Waals surface area contributed by atoms with Crippen LogP contribution in [0.15, 0.2) is 79.0 Å². The minimum Gasteiger partial charge on any atom is -0.490 e. The van der Waals surface area contributed by atoms with Gasteiger partial charge in [0.2, 0.25) is 0 Å². The van der Waals surface area contributed by atoms with Crippen molar-refractivity contribution in [2.75, 3.05) is 25.2 Å². The molecule has 4 aromatic rings. The van der Waals surface area contributed by atoms with Gasteiger partial charge in [-0.05, 0) is 80.2 Å². The fourth-order valence-corrected chi connectivity index (χ4v) is 5.58. The molecule has 2 unspecified atom stereocenters. The van der Waals surface area contributed by atoms with E-state index < -0.39 is 0 Å². The zero-order chi connectivity index (χ0) is 25.9. The number of nitrogens with one attached hydrogen (secondary N) is 1. The van der Waals surface area contributed by atoms with E-state index in [-0.39, 0.29) is 12.1 Å². The molecule has 2 aromatic carbocycles. The zero-order valence-corrected chi connectivity index (χ0v) is 22.6.